The Morgan fingerprint density at radius 2 is 1.72 bits per heavy atom. The lowest BCUT2D eigenvalue weighted by Crippen LogP contribution is -2.39. The Hall–Kier alpha value is -2.33. The minimum atomic E-state index is -0.401. The second kappa shape index (κ2) is 8.19. The van der Waals surface area contributed by atoms with Crippen LogP contribution in [0.3, 0.4) is 0 Å². The van der Waals surface area contributed by atoms with Gasteiger partial charge in [0.2, 0.25) is 0 Å². The molecule has 4 rings (SSSR count). The highest BCUT2D eigenvalue weighted by molar-refractivity contribution is 6.30. The fraction of sp³-hybridized carbons (Fsp3) is 0.417. The molecule has 0 bridgehead atoms. The van der Waals surface area contributed by atoms with Crippen LogP contribution < -0.4 is 4.74 Å². The Morgan fingerprint density at radius 3 is 2.28 bits per heavy atom. The summed E-state index contributed by atoms with van der Waals surface area (Å²) in [5, 5.41) is 0.569. The molecule has 3 aliphatic rings. The zero-order valence-electron chi connectivity index (χ0n) is 16.8. The highest BCUT2D eigenvalue weighted by atomic mass is 35.5. The maximum absolute atomic E-state index is 13.2. The van der Waals surface area contributed by atoms with E-state index in [1.807, 2.05) is 12.1 Å². The van der Waals surface area contributed by atoms with Crippen LogP contribution in [0, 0.1) is 0 Å². The predicted octanol–water partition coefficient (Wildman–Crippen LogP) is 5.34. The molecule has 0 aromatic heterocycles. The van der Waals surface area contributed by atoms with Gasteiger partial charge in [0.1, 0.15) is 12.4 Å². The van der Waals surface area contributed by atoms with Crippen LogP contribution in [0.2, 0.25) is 5.02 Å². The number of ketones is 2. The lowest BCUT2D eigenvalue weighted by atomic mass is 9.70. The van der Waals surface area contributed by atoms with Gasteiger partial charge in [-0.15, -0.1) is 0 Å². The smallest absolute Gasteiger partial charge is 0.161 e. The lowest BCUT2D eigenvalue weighted by molar-refractivity contribution is -0.117. The van der Waals surface area contributed by atoms with Crippen LogP contribution in [0.5, 0.6) is 5.75 Å². The van der Waals surface area contributed by atoms with Gasteiger partial charge in [0.15, 0.2) is 11.6 Å². The summed E-state index contributed by atoms with van der Waals surface area (Å²) < 4.78 is 5.92. The van der Waals surface area contributed by atoms with Crippen molar-refractivity contribution in [2.45, 2.75) is 51.4 Å². The number of allylic oxidation sites excluding steroid dienone is 4. The molecule has 1 heterocycles. The number of rotatable bonds is 5. The fourth-order valence-corrected chi connectivity index (χ4v) is 5.11. The van der Waals surface area contributed by atoms with Crippen molar-refractivity contribution < 1.29 is 14.3 Å². The summed E-state index contributed by atoms with van der Waals surface area (Å²) in [6.45, 7) is 6.93. The first kappa shape index (κ1) is 20.0. The monoisotopic (exact) mass is 411 g/mol. The SMILES string of the molecule is C=CCOc1ccc(Cl)cc1C1C2=C(CCCC2=O)N(CC)C2=C1C(=O)CCC2. The van der Waals surface area contributed by atoms with Gasteiger partial charge in [-0.05, 0) is 50.8 Å². The van der Waals surface area contributed by atoms with E-state index in [-0.39, 0.29) is 11.6 Å². The number of benzene rings is 1. The largest absolute Gasteiger partial charge is 0.489 e. The molecule has 0 radical (unpaired) electrons. The van der Waals surface area contributed by atoms with Crippen LogP contribution >= 0.6 is 11.6 Å². The molecule has 0 saturated heterocycles. The molecule has 4 nitrogen and oxygen atoms in total. The van der Waals surface area contributed by atoms with Crippen molar-refractivity contribution in [3.05, 3.63) is 64.0 Å². The van der Waals surface area contributed by atoms with Gasteiger partial charge < -0.3 is 9.64 Å². The van der Waals surface area contributed by atoms with E-state index in [2.05, 4.69) is 18.4 Å². The third kappa shape index (κ3) is 3.44. The summed E-state index contributed by atoms with van der Waals surface area (Å²) in [4.78, 5) is 28.5. The number of carbonyl (C=O) groups is 2. The molecule has 0 amide bonds. The average Bonchev–Trinajstić information content (AvgIpc) is 2.72. The second-order valence-corrected chi connectivity index (χ2v) is 8.17. The Labute approximate surface area is 176 Å². The Kier molecular flexibility index (Phi) is 5.64. The third-order valence-corrected chi connectivity index (χ3v) is 6.28. The molecular formula is C24H26ClNO3. The van der Waals surface area contributed by atoms with Crippen LogP contribution in [0.4, 0.5) is 0 Å². The van der Waals surface area contributed by atoms with Crippen LogP contribution in [-0.4, -0.2) is 29.6 Å². The van der Waals surface area contributed by atoms with Gasteiger partial charge in [-0.25, -0.2) is 0 Å². The summed E-state index contributed by atoms with van der Waals surface area (Å²) in [6.07, 6.45) is 6.16. The zero-order valence-corrected chi connectivity index (χ0v) is 17.6. The normalized spacial score (nSPS) is 20.0. The van der Waals surface area contributed by atoms with E-state index in [0.29, 0.717) is 30.2 Å². The van der Waals surface area contributed by atoms with Crippen molar-refractivity contribution in [1.29, 1.82) is 0 Å². The minimum absolute atomic E-state index is 0.134. The van der Waals surface area contributed by atoms with Crippen molar-refractivity contribution >= 4 is 23.2 Å². The topological polar surface area (TPSA) is 46.6 Å². The quantitative estimate of drug-likeness (QED) is 0.613. The van der Waals surface area contributed by atoms with Crippen molar-refractivity contribution in [2.24, 2.45) is 0 Å². The van der Waals surface area contributed by atoms with Crippen LogP contribution in [-0.2, 0) is 9.59 Å². The van der Waals surface area contributed by atoms with E-state index in [1.165, 1.54) is 0 Å². The van der Waals surface area contributed by atoms with Gasteiger partial charge in [-0.1, -0.05) is 24.3 Å². The summed E-state index contributed by atoms with van der Waals surface area (Å²) in [7, 11) is 0. The zero-order chi connectivity index (χ0) is 20.5. The highest BCUT2D eigenvalue weighted by Gasteiger charge is 2.43. The number of nitrogens with zero attached hydrogens (tertiary/aromatic N) is 1. The molecule has 1 aliphatic heterocycles. The van der Waals surface area contributed by atoms with E-state index in [4.69, 9.17) is 16.3 Å². The molecule has 0 N–H and O–H groups in total. The predicted molar refractivity (Wildman–Crippen MR) is 114 cm³/mol. The molecule has 1 aromatic carbocycles. The number of carbonyl (C=O) groups excluding carboxylic acids is 2. The van der Waals surface area contributed by atoms with Gasteiger partial charge >= 0.3 is 0 Å². The molecule has 29 heavy (non-hydrogen) atoms. The molecule has 2 aliphatic carbocycles. The first-order valence-electron chi connectivity index (χ1n) is 10.4. The third-order valence-electron chi connectivity index (χ3n) is 6.04. The number of halogens is 1. The Balaban J connectivity index is 1.97. The molecule has 0 fully saturated rings. The number of hydrogen-bond donors (Lipinski definition) is 0. The molecule has 0 spiro atoms. The maximum Gasteiger partial charge on any atom is 0.161 e. The van der Waals surface area contributed by atoms with Gasteiger partial charge in [0, 0.05) is 58.4 Å². The number of Topliss-reactive ketones (excluding diaryl/α,β-unsaturated/α-hetero) is 2. The van der Waals surface area contributed by atoms with E-state index in [1.54, 1.807) is 12.1 Å². The Bertz CT molecular complexity index is 899. The van der Waals surface area contributed by atoms with Gasteiger partial charge in [0.25, 0.3) is 0 Å². The number of hydrogen-bond acceptors (Lipinski definition) is 4. The van der Waals surface area contributed by atoms with E-state index in [0.717, 1.165) is 60.3 Å². The average molecular weight is 412 g/mol. The molecular weight excluding hydrogens is 386 g/mol. The van der Waals surface area contributed by atoms with Crippen molar-refractivity contribution in [1.82, 2.24) is 4.90 Å². The second-order valence-electron chi connectivity index (χ2n) is 7.73. The summed E-state index contributed by atoms with van der Waals surface area (Å²) in [5.74, 6) is 0.519. The van der Waals surface area contributed by atoms with E-state index < -0.39 is 5.92 Å². The summed E-state index contributed by atoms with van der Waals surface area (Å²) >= 11 is 6.36. The van der Waals surface area contributed by atoms with E-state index >= 15 is 0 Å². The Morgan fingerprint density at radius 1 is 1.10 bits per heavy atom. The van der Waals surface area contributed by atoms with Crippen LogP contribution in [0.1, 0.15) is 56.9 Å². The van der Waals surface area contributed by atoms with Crippen molar-refractivity contribution in [3.63, 3.8) is 0 Å². The standard InChI is InChI=1S/C24H26ClNO3/c1-3-13-29-21-12-11-15(25)14-16(21)22-23-17(7-5-9-19(23)27)26(4-2)18-8-6-10-20(28)24(18)22/h3,11-12,14,22H,1,4-10,13H2,2H3. The van der Waals surface area contributed by atoms with E-state index in [9.17, 15) is 9.59 Å². The maximum atomic E-state index is 13.2. The van der Waals surface area contributed by atoms with Crippen molar-refractivity contribution in [3.8, 4) is 5.75 Å². The molecule has 0 atom stereocenters. The number of ether oxygens (including phenoxy) is 1. The van der Waals surface area contributed by atoms with Gasteiger partial charge in [0.05, 0.1) is 0 Å². The minimum Gasteiger partial charge on any atom is -0.489 e. The molecule has 1 aromatic rings. The molecule has 0 unspecified atom stereocenters. The molecule has 5 heteroatoms. The molecule has 152 valence electrons. The van der Waals surface area contributed by atoms with Gasteiger partial charge in [-0.2, -0.15) is 0 Å². The van der Waals surface area contributed by atoms with Gasteiger partial charge in [-0.3, -0.25) is 9.59 Å². The van der Waals surface area contributed by atoms with Crippen LogP contribution in [0.25, 0.3) is 0 Å². The fourth-order valence-electron chi connectivity index (χ4n) is 4.93. The lowest BCUT2D eigenvalue weighted by Gasteiger charge is -2.43. The van der Waals surface area contributed by atoms with Crippen LogP contribution in [0.15, 0.2) is 53.4 Å². The first-order valence-corrected chi connectivity index (χ1v) is 10.8. The highest BCUT2D eigenvalue weighted by Crippen LogP contribution is 2.51. The van der Waals surface area contributed by atoms with Crippen molar-refractivity contribution in [2.75, 3.05) is 13.2 Å². The summed E-state index contributed by atoms with van der Waals surface area (Å²) in [6, 6.07) is 5.46. The molecule has 0 saturated carbocycles. The first-order chi connectivity index (χ1) is 14.1. The summed E-state index contributed by atoms with van der Waals surface area (Å²) in [5.41, 5.74) is 4.49.